The Morgan fingerprint density at radius 3 is 1.81 bits per heavy atom. The zero-order valence-electron chi connectivity index (χ0n) is 15.8. The molecular formula is C22H32BrNO2. The first-order valence-corrected chi connectivity index (χ1v) is 11.4. The average molecular weight is 422 g/mol. The Labute approximate surface area is 166 Å². The minimum atomic E-state index is -0.255. The van der Waals surface area contributed by atoms with E-state index < -0.39 is 0 Å². The highest BCUT2D eigenvalue weighted by Gasteiger charge is 2.28. The number of rotatable bonds is 14. The number of amides is 2. The fourth-order valence-electron chi connectivity index (χ4n) is 3.68. The van der Waals surface area contributed by atoms with Gasteiger partial charge in [-0.15, -0.1) is 0 Å². The van der Waals surface area contributed by atoms with E-state index in [0.29, 0.717) is 11.1 Å². The molecule has 1 heterocycles. The van der Waals surface area contributed by atoms with Crippen LogP contribution in [-0.4, -0.2) is 17.1 Å². The molecule has 0 aromatic heterocycles. The Bertz CT molecular complexity index is 586. The van der Waals surface area contributed by atoms with Gasteiger partial charge in [0.05, 0.1) is 11.1 Å². The standard InChI is InChI=1S/C22H32BrNO2/c23-17-12-10-8-6-4-2-1-3-5-7-9-11-14-18-15-13-16-19-20(18)22(26)24-21(19)25/h13,15-16H,1-12,14,17H2,(H,24,25,26). The normalized spacial score (nSPS) is 13.1. The third kappa shape index (κ3) is 6.86. The molecule has 1 aromatic rings. The fraction of sp³-hybridized carbons (Fsp3) is 0.636. The summed E-state index contributed by atoms with van der Waals surface area (Å²) in [5, 5.41) is 3.54. The van der Waals surface area contributed by atoms with Crippen LogP contribution in [-0.2, 0) is 6.42 Å². The van der Waals surface area contributed by atoms with Crippen LogP contribution < -0.4 is 5.32 Å². The molecule has 0 atom stereocenters. The molecule has 26 heavy (non-hydrogen) atoms. The Kier molecular flexibility index (Phi) is 9.98. The number of nitrogens with one attached hydrogen (secondary N) is 1. The molecule has 0 fully saturated rings. The molecule has 144 valence electrons. The van der Waals surface area contributed by atoms with E-state index >= 15 is 0 Å². The quantitative estimate of drug-likeness (QED) is 0.221. The summed E-state index contributed by atoms with van der Waals surface area (Å²) in [7, 11) is 0. The van der Waals surface area contributed by atoms with E-state index in [1.54, 1.807) is 6.07 Å². The molecule has 1 aliphatic heterocycles. The van der Waals surface area contributed by atoms with E-state index in [9.17, 15) is 9.59 Å². The fourth-order valence-corrected chi connectivity index (χ4v) is 4.07. The SMILES string of the molecule is O=C1NC(=O)c2c(CCCCCCCCCCCCCCBr)cccc21. The van der Waals surface area contributed by atoms with Gasteiger partial charge in [-0.1, -0.05) is 92.3 Å². The molecular weight excluding hydrogens is 390 g/mol. The maximum absolute atomic E-state index is 11.9. The number of benzene rings is 1. The predicted molar refractivity (Wildman–Crippen MR) is 111 cm³/mol. The molecule has 0 saturated heterocycles. The molecule has 0 saturated carbocycles. The summed E-state index contributed by atoms with van der Waals surface area (Å²) in [6.07, 6.45) is 16.7. The van der Waals surface area contributed by atoms with Crippen molar-refractivity contribution in [1.29, 1.82) is 0 Å². The average Bonchev–Trinajstić information content (AvgIpc) is 2.94. The van der Waals surface area contributed by atoms with Crippen molar-refractivity contribution in [1.82, 2.24) is 5.32 Å². The van der Waals surface area contributed by atoms with E-state index in [0.717, 1.165) is 23.7 Å². The van der Waals surface area contributed by atoms with Gasteiger partial charge in [-0.2, -0.15) is 0 Å². The Hall–Kier alpha value is -1.16. The zero-order valence-corrected chi connectivity index (χ0v) is 17.4. The first kappa shape index (κ1) is 21.1. The van der Waals surface area contributed by atoms with Crippen molar-refractivity contribution in [3.8, 4) is 0 Å². The summed E-state index contributed by atoms with van der Waals surface area (Å²) in [5.74, 6) is -0.484. The van der Waals surface area contributed by atoms with Gasteiger partial charge >= 0.3 is 0 Å². The van der Waals surface area contributed by atoms with Gasteiger partial charge in [-0.25, -0.2) is 0 Å². The molecule has 3 nitrogen and oxygen atoms in total. The lowest BCUT2D eigenvalue weighted by Gasteiger charge is -2.06. The smallest absolute Gasteiger partial charge is 0.259 e. The molecule has 1 aliphatic rings. The number of carbonyl (C=O) groups excluding carboxylic acids is 2. The minimum absolute atomic E-state index is 0.229. The number of hydrogen-bond acceptors (Lipinski definition) is 2. The molecule has 1 aromatic carbocycles. The van der Waals surface area contributed by atoms with Crippen LogP contribution in [0.5, 0.6) is 0 Å². The van der Waals surface area contributed by atoms with Gasteiger partial charge in [-0.3, -0.25) is 14.9 Å². The lowest BCUT2D eigenvalue weighted by molar-refractivity contribution is 0.0879. The molecule has 0 bridgehead atoms. The molecule has 1 N–H and O–H groups in total. The number of unbranched alkanes of at least 4 members (excludes halogenated alkanes) is 11. The highest BCUT2D eigenvalue weighted by atomic mass is 79.9. The summed E-state index contributed by atoms with van der Waals surface area (Å²) in [5.41, 5.74) is 2.17. The maximum atomic E-state index is 11.9. The number of alkyl halides is 1. The van der Waals surface area contributed by atoms with Crippen molar-refractivity contribution in [3.05, 3.63) is 34.9 Å². The van der Waals surface area contributed by atoms with Crippen molar-refractivity contribution in [2.75, 3.05) is 5.33 Å². The Morgan fingerprint density at radius 2 is 1.23 bits per heavy atom. The monoisotopic (exact) mass is 421 g/mol. The van der Waals surface area contributed by atoms with Crippen LogP contribution >= 0.6 is 15.9 Å². The number of fused-ring (bicyclic) bond motifs is 1. The predicted octanol–water partition coefficient (Wildman–Crippen LogP) is 6.19. The van der Waals surface area contributed by atoms with Crippen LogP contribution in [0.2, 0.25) is 0 Å². The molecule has 2 rings (SSSR count). The number of aryl methyl sites for hydroxylation is 1. The molecule has 0 aliphatic carbocycles. The summed E-state index contributed by atoms with van der Waals surface area (Å²) in [6, 6.07) is 5.60. The second-order valence-corrected chi connectivity index (χ2v) is 8.10. The second-order valence-electron chi connectivity index (χ2n) is 7.30. The molecule has 0 spiro atoms. The van der Waals surface area contributed by atoms with Gasteiger partial charge in [0.2, 0.25) is 0 Å². The second kappa shape index (κ2) is 12.3. The summed E-state index contributed by atoms with van der Waals surface area (Å²) >= 11 is 3.48. The highest BCUT2D eigenvalue weighted by molar-refractivity contribution is 9.09. The van der Waals surface area contributed by atoms with Gasteiger partial charge in [0.25, 0.3) is 11.8 Å². The summed E-state index contributed by atoms with van der Waals surface area (Å²) in [4.78, 5) is 23.6. The van der Waals surface area contributed by atoms with Crippen LogP contribution in [0.25, 0.3) is 0 Å². The number of carbonyl (C=O) groups is 2. The number of hydrogen-bond donors (Lipinski definition) is 1. The Balaban J connectivity index is 1.49. The van der Waals surface area contributed by atoms with E-state index in [2.05, 4.69) is 21.2 Å². The zero-order chi connectivity index (χ0) is 18.6. The topological polar surface area (TPSA) is 46.2 Å². The van der Waals surface area contributed by atoms with Gasteiger partial charge in [0, 0.05) is 5.33 Å². The Morgan fingerprint density at radius 1 is 0.692 bits per heavy atom. The molecule has 4 heteroatoms. The summed E-state index contributed by atoms with van der Waals surface area (Å²) < 4.78 is 0. The van der Waals surface area contributed by atoms with Gasteiger partial charge in [-0.05, 0) is 30.9 Å². The van der Waals surface area contributed by atoms with Crippen molar-refractivity contribution in [3.63, 3.8) is 0 Å². The van der Waals surface area contributed by atoms with Gasteiger partial charge in [0.1, 0.15) is 0 Å². The largest absolute Gasteiger partial charge is 0.288 e. The van der Waals surface area contributed by atoms with Crippen LogP contribution in [0.15, 0.2) is 18.2 Å². The summed E-state index contributed by atoms with van der Waals surface area (Å²) in [6.45, 7) is 0. The number of halogens is 1. The van der Waals surface area contributed by atoms with E-state index in [4.69, 9.17) is 0 Å². The lowest BCUT2D eigenvalue weighted by Crippen LogP contribution is -2.20. The first-order chi connectivity index (χ1) is 12.7. The van der Waals surface area contributed by atoms with Crippen molar-refractivity contribution in [2.45, 2.75) is 83.5 Å². The van der Waals surface area contributed by atoms with Crippen LogP contribution in [0, 0.1) is 0 Å². The molecule has 0 radical (unpaired) electrons. The van der Waals surface area contributed by atoms with Crippen LogP contribution in [0.1, 0.15) is 103 Å². The van der Waals surface area contributed by atoms with E-state index in [1.807, 2.05) is 12.1 Å². The van der Waals surface area contributed by atoms with E-state index in [-0.39, 0.29) is 11.8 Å². The van der Waals surface area contributed by atoms with Crippen LogP contribution in [0.3, 0.4) is 0 Å². The maximum Gasteiger partial charge on any atom is 0.259 e. The minimum Gasteiger partial charge on any atom is -0.288 e. The van der Waals surface area contributed by atoms with E-state index in [1.165, 1.54) is 70.6 Å². The van der Waals surface area contributed by atoms with Gasteiger partial charge in [0.15, 0.2) is 0 Å². The first-order valence-electron chi connectivity index (χ1n) is 10.3. The van der Waals surface area contributed by atoms with Crippen molar-refractivity contribution >= 4 is 27.7 Å². The van der Waals surface area contributed by atoms with Crippen LogP contribution in [0.4, 0.5) is 0 Å². The van der Waals surface area contributed by atoms with Crippen molar-refractivity contribution < 1.29 is 9.59 Å². The number of imide groups is 1. The third-order valence-electron chi connectivity index (χ3n) is 5.18. The third-order valence-corrected chi connectivity index (χ3v) is 5.74. The molecule has 2 amide bonds. The van der Waals surface area contributed by atoms with Gasteiger partial charge < -0.3 is 0 Å². The van der Waals surface area contributed by atoms with Crippen molar-refractivity contribution in [2.24, 2.45) is 0 Å². The highest BCUT2D eigenvalue weighted by Crippen LogP contribution is 2.22. The lowest BCUT2D eigenvalue weighted by atomic mass is 9.97. The molecule has 0 unspecified atom stereocenters.